The predicted molar refractivity (Wildman–Crippen MR) is 97.5 cm³/mol. The van der Waals surface area contributed by atoms with Gasteiger partial charge in [0.2, 0.25) is 15.9 Å². The highest BCUT2D eigenvalue weighted by molar-refractivity contribution is 7.92. The molecule has 0 saturated carbocycles. The summed E-state index contributed by atoms with van der Waals surface area (Å²) in [5.41, 5.74) is 1.17. The van der Waals surface area contributed by atoms with E-state index in [1.807, 2.05) is 0 Å². The first-order chi connectivity index (χ1) is 11.4. The summed E-state index contributed by atoms with van der Waals surface area (Å²) in [5.74, 6) is 0.915. The minimum atomic E-state index is -3.28. The van der Waals surface area contributed by atoms with Gasteiger partial charge >= 0.3 is 0 Å². The van der Waals surface area contributed by atoms with Gasteiger partial charge in [-0.3, -0.25) is 9.52 Å². The Hall–Kier alpha value is -1.60. The number of anilines is 2. The van der Waals surface area contributed by atoms with Crippen molar-refractivity contribution in [2.24, 2.45) is 11.8 Å². The molecule has 0 spiro atoms. The second-order valence-electron chi connectivity index (χ2n) is 6.42. The first-order valence-corrected chi connectivity index (χ1v) is 10.2. The summed E-state index contributed by atoms with van der Waals surface area (Å²) in [6.07, 6.45) is 2.84. The number of piperidine rings is 1. The molecule has 0 aromatic heterocycles. The second kappa shape index (κ2) is 8.48. The number of benzene rings is 1. The normalized spacial score (nSPS) is 19.5. The van der Waals surface area contributed by atoms with Crippen LogP contribution < -0.4 is 15.4 Å². The van der Waals surface area contributed by atoms with E-state index in [-0.39, 0.29) is 11.7 Å². The van der Waals surface area contributed by atoms with Crippen LogP contribution in [0.15, 0.2) is 24.3 Å². The third-order valence-corrected chi connectivity index (χ3v) is 5.78. The molecule has 0 bridgehead atoms. The summed E-state index contributed by atoms with van der Waals surface area (Å²) in [6.45, 7) is 5.77. The van der Waals surface area contributed by atoms with E-state index in [9.17, 15) is 13.2 Å². The summed E-state index contributed by atoms with van der Waals surface area (Å²) in [7, 11) is -3.28. The van der Waals surface area contributed by atoms with Gasteiger partial charge in [-0.05, 0) is 69.0 Å². The zero-order chi connectivity index (χ0) is 17.6. The highest BCUT2D eigenvalue weighted by Crippen LogP contribution is 2.23. The monoisotopic (exact) mass is 353 g/mol. The minimum absolute atomic E-state index is 0.00466. The van der Waals surface area contributed by atoms with Crippen LogP contribution in [0.25, 0.3) is 0 Å². The number of nitrogens with one attached hydrogen (secondary N) is 3. The maximum Gasteiger partial charge on any atom is 0.232 e. The SMILES string of the molecule is CCS(=O)(=O)Nc1ccc(NC(=O)CC(C)C2CCCNC2)cc1. The molecule has 1 aromatic rings. The van der Waals surface area contributed by atoms with Gasteiger partial charge in [0.1, 0.15) is 0 Å². The maximum atomic E-state index is 12.2. The van der Waals surface area contributed by atoms with Crippen molar-refractivity contribution < 1.29 is 13.2 Å². The molecular weight excluding hydrogens is 326 g/mol. The lowest BCUT2D eigenvalue weighted by Crippen LogP contribution is -2.34. The molecule has 1 aromatic carbocycles. The van der Waals surface area contributed by atoms with Crippen molar-refractivity contribution >= 4 is 27.3 Å². The van der Waals surface area contributed by atoms with Crippen LogP contribution in [0, 0.1) is 11.8 Å². The topological polar surface area (TPSA) is 87.3 Å². The Bertz CT molecular complexity index is 638. The van der Waals surface area contributed by atoms with Crippen LogP contribution in [0.2, 0.25) is 0 Å². The number of carbonyl (C=O) groups excluding carboxylic acids is 1. The molecule has 24 heavy (non-hydrogen) atoms. The lowest BCUT2D eigenvalue weighted by atomic mass is 9.85. The van der Waals surface area contributed by atoms with Crippen molar-refractivity contribution in [1.29, 1.82) is 0 Å². The van der Waals surface area contributed by atoms with Crippen LogP contribution in [-0.4, -0.2) is 33.2 Å². The van der Waals surface area contributed by atoms with E-state index in [0.29, 0.717) is 29.6 Å². The van der Waals surface area contributed by atoms with Gasteiger partial charge in [0.25, 0.3) is 0 Å². The summed E-state index contributed by atoms with van der Waals surface area (Å²) >= 11 is 0. The molecule has 134 valence electrons. The van der Waals surface area contributed by atoms with Gasteiger partial charge in [0.05, 0.1) is 5.75 Å². The zero-order valence-electron chi connectivity index (χ0n) is 14.3. The van der Waals surface area contributed by atoms with Gasteiger partial charge < -0.3 is 10.6 Å². The molecule has 1 aliphatic heterocycles. The van der Waals surface area contributed by atoms with Gasteiger partial charge in [-0.15, -0.1) is 0 Å². The van der Waals surface area contributed by atoms with Crippen molar-refractivity contribution in [1.82, 2.24) is 5.32 Å². The van der Waals surface area contributed by atoms with E-state index in [2.05, 4.69) is 22.3 Å². The third-order valence-electron chi connectivity index (χ3n) is 4.47. The molecule has 3 N–H and O–H groups in total. The molecule has 2 unspecified atom stereocenters. The van der Waals surface area contributed by atoms with Crippen LogP contribution in [0.1, 0.15) is 33.1 Å². The Balaban J connectivity index is 1.85. The first-order valence-electron chi connectivity index (χ1n) is 8.50. The number of hydrogen-bond donors (Lipinski definition) is 3. The fraction of sp³-hybridized carbons (Fsp3) is 0.588. The number of rotatable bonds is 7. The molecule has 1 aliphatic rings. The lowest BCUT2D eigenvalue weighted by Gasteiger charge is -2.28. The van der Waals surface area contributed by atoms with E-state index in [0.717, 1.165) is 13.1 Å². The van der Waals surface area contributed by atoms with Gasteiger partial charge in [0.15, 0.2) is 0 Å². The second-order valence-corrected chi connectivity index (χ2v) is 8.43. The Morgan fingerprint density at radius 1 is 1.29 bits per heavy atom. The molecule has 2 atom stereocenters. The first kappa shape index (κ1) is 18.7. The van der Waals surface area contributed by atoms with Crippen molar-refractivity contribution in [3.63, 3.8) is 0 Å². The van der Waals surface area contributed by atoms with Crippen molar-refractivity contribution in [3.05, 3.63) is 24.3 Å². The van der Waals surface area contributed by atoms with Crippen LogP contribution in [0.3, 0.4) is 0 Å². The Labute approximate surface area is 144 Å². The highest BCUT2D eigenvalue weighted by Gasteiger charge is 2.22. The van der Waals surface area contributed by atoms with E-state index >= 15 is 0 Å². The summed E-state index contributed by atoms with van der Waals surface area (Å²) in [5, 5.41) is 6.26. The number of hydrogen-bond acceptors (Lipinski definition) is 4. The van der Waals surface area contributed by atoms with Crippen LogP contribution in [-0.2, 0) is 14.8 Å². The quantitative estimate of drug-likeness (QED) is 0.702. The fourth-order valence-electron chi connectivity index (χ4n) is 2.91. The fourth-order valence-corrected chi connectivity index (χ4v) is 3.55. The molecule has 7 heteroatoms. The predicted octanol–water partition coefficient (Wildman–Crippen LogP) is 2.41. The van der Waals surface area contributed by atoms with Crippen LogP contribution >= 0.6 is 0 Å². The van der Waals surface area contributed by atoms with E-state index in [1.54, 1.807) is 31.2 Å². The summed E-state index contributed by atoms with van der Waals surface area (Å²) < 4.78 is 25.5. The molecule has 6 nitrogen and oxygen atoms in total. The molecule has 0 radical (unpaired) electrons. The van der Waals surface area contributed by atoms with Gasteiger partial charge in [0, 0.05) is 17.8 Å². The molecule has 1 amide bonds. The van der Waals surface area contributed by atoms with Crippen LogP contribution in [0.5, 0.6) is 0 Å². The molecule has 1 fully saturated rings. The maximum absolute atomic E-state index is 12.2. The molecule has 0 aliphatic carbocycles. The van der Waals surface area contributed by atoms with Crippen molar-refractivity contribution in [2.75, 3.05) is 28.9 Å². The minimum Gasteiger partial charge on any atom is -0.326 e. The summed E-state index contributed by atoms with van der Waals surface area (Å²) in [6, 6.07) is 6.71. The van der Waals surface area contributed by atoms with Crippen molar-refractivity contribution in [2.45, 2.75) is 33.1 Å². The number of carbonyl (C=O) groups is 1. The van der Waals surface area contributed by atoms with Gasteiger partial charge in [-0.1, -0.05) is 6.92 Å². The summed E-state index contributed by atoms with van der Waals surface area (Å²) in [4.78, 5) is 12.2. The van der Waals surface area contributed by atoms with Gasteiger partial charge in [-0.25, -0.2) is 8.42 Å². The van der Waals surface area contributed by atoms with Crippen LogP contribution in [0.4, 0.5) is 11.4 Å². The lowest BCUT2D eigenvalue weighted by molar-refractivity contribution is -0.117. The van der Waals surface area contributed by atoms with Crippen molar-refractivity contribution in [3.8, 4) is 0 Å². The molecule has 2 rings (SSSR count). The molecule has 1 saturated heterocycles. The average molecular weight is 353 g/mol. The highest BCUT2D eigenvalue weighted by atomic mass is 32.2. The zero-order valence-corrected chi connectivity index (χ0v) is 15.2. The largest absolute Gasteiger partial charge is 0.326 e. The van der Waals surface area contributed by atoms with E-state index in [1.165, 1.54) is 12.8 Å². The number of amides is 1. The Morgan fingerprint density at radius 2 is 1.96 bits per heavy atom. The van der Waals surface area contributed by atoms with E-state index in [4.69, 9.17) is 0 Å². The Morgan fingerprint density at radius 3 is 2.54 bits per heavy atom. The average Bonchev–Trinajstić information content (AvgIpc) is 2.57. The van der Waals surface area contributed by atoms with E-state index < -0.39 is 10.0 Å². The van der Waals surface area contributed by atoms with Gasteiger partial charge in [-0.2, -0.15) is 0 Å². The standard InChI is InChI=1S/C17H27N3O3S/c1-3-24(22,23)20-16-8-6-15(7-9-16)19-17(21)11-13(2)14-5-4-10-18-12-14/h6-9,13-14,18,20H,3-5,10-12H2,1-2H3,(H,19,21). The smallest absolute Gasteiger partial charge is 0.232 e. The molecular formula is C17H27N3O3S. The molecule has 1 heterocycles. The third kappa shape index (κ3) is 5.79. The number of sulfonamides is 1. The Kier molecular flexibility index (Phi) is 6.62.